The van der Waals surface area contributed by atoms with Crippen molar-refractivity contribution in [1.29, 1.82) is 0 Å². The summed E-state index contributed by atoms with van der Waals surface area (Å²) in [6.45, 7) is 7.28. The SMILES string of the molecule is CC(C)(C)[Si](OC[C@@H]1C[C@@H]1[C@@H](O)CO)(c1ccccc1)c1ccccc1. The average molecular weight is 371 g/mol. The van der Waals surface area contributed by atoms with Crippen molar-refractivity contribution in [3.05, 3.63) is 60.7 Å². The van der Waals surface area contributed by atoms with Crippen LogP contribution in [0.5, 0.6) is 0 Å². The summed E-state index contributed by atoms with van der Waals surface area (Å²) in [5, 5.41) is 21.6. The van der Waals surface area contributed by atoms with E-state index in [1.807, 2.05) is 12.1 Å². The summed E-state index contributed by atoms with van der Waals surface area (Å²) in [6, 6.07) is 21.2. The molecular formula is C22H30O3Si. The molecule has 2 aromatic rings. The highest BCUT2D eigenvalue weighted by Gasteiger charge is 2.52. The maximum atomic E-state index is 9.90. The largest absolute Gasteiger partial charge is 0.407 e. The molecule has 3 nitrogen and oxygen atoms in total. The minimum atomic E-state index is -2.49. The molecule has 1 aliphatic rings. The van der Waals surface area contributed by atoms with Gasteiger partial charge >= 0.3 is 0 Å². The van der Waals surface area contributed by atoms with Crippen molar-refractivity contribution >= 4 is 18.7 Å². The maximum Gasteiger partial charge on any atom is 0.261 e. The summed E-state index contributed by atoms with van der Waals surface area (Å²) < 4.78 is 6.86. The molecular weight excluding hydrogens is 340 g/mol. The summed E-state index contributed by atoms with van der Waals surface area (Å²) >= 11 is 0. The molecule has 4 heteroatoms. The Labute approximate surface area is 157 Å². The second-order valence-electron chi connectivity index (χ2n) is 8.38. The first-order valence-corrected chi connectivity index (χ1v) is 11.3. The molecule has 0 radical (unpaired) electrons. The zero-order chi connectivity index (χ0) is 18.8. The molecule has 3 rings (SSSR count). The smallest absolute Gasteiger partial charge is 0.261 e. The van der Waals surface area contributed by atoms with Gasteiger partial charge in [-0.25, -0.2) is 0 Å². The molecule has 1 fully saturated rings. The van der Waals surface area contributed by atoms with Crippen molar-refractivity contribution < 1.29 is 14.6 Å². The van der Waals surface area contributed by atoms with Gasteiger partial charge in [-0.3, -0.25) is 0 Å². The number of aliphatic hydroxyl groups excluding tert-OH is 2. The lowest BCUT2D eigenvalue weighted by atomic mass is 10.2. The van der Waals surface area contributed by atoms with Crippen LogP contribution in [-0.2, 0) is 4.43 Å². The van der Waals surface area contributed by atoms with Gasteiger partial charge < -0.3 is 14.6 Å². The summed E-state index contributed by atoms with van der Waals surface area (Å²) in [4.78, 5) is 0. The fourth-order valence-corrected chi connectivity index (χ4v) is 8.68. The number of hydrogen-bond donors (Lipinski definition) is 2. The molecule has 140 valence electrons. The maximum absolute atomic E-state index is 9.90. The van der Waals surface area contributed by atoms with Crippen molar-refractivity contribution in [2.75, 3.05) is 13.2 Å². The third-order valence-electron chi connectivity index (χ3n) is 5.59. The molecule has 1 aliphatic carbocycles. The van der Waals surface area contributed by atoms with Crippen LogP contribution in [0, 0.1) is 11.8 Å². The third-order valence-corrected chi connectivity index (χ3v) is 10.6. The topological polar surface area (TPSA) is 49.7 Å². The number of aliphatic hydroxyl groups is 2. The minimum absolute atomic E-state index is 0.0321. The molecule has 0 unspecified atom stereocenters. The van der Waals surface area contributed by atoms with Crippen LogP contribution in [0.25, 0.3) is 0 Å². The van der Waals surface area contributed by atoms with Crippen LogP contribution < -0.4 is 10.4 Å². The normalized spacial score (nSPS) is 21.4. The van der Waals surface area contributed by atoms with Gasteiger partial charge in [0, 0.05) is 6.61 Å². The van der Waals surface area contributed by atoms with Crippen molar-refractivity contribution in [2.24, 2.45) is 11.8 Å². The predicted octanol–water partition coefficient (Wildman–Crippen LogP) is 2.55. The summed E-state index contributed by atoms with van der Waals surface area (Å²) in [5.74, 6) is 0.497. The van der Waals surface area contributed by atoms with E-state index in [-0.39, 0.29) is 17.6 Å². The van der Waals surface area contributed by atoms with E-state index in [4.69, 9.17) is 4.43 Å². The Balaban J connectivity index is 1.96. The Morgan fingerprint density at radius 3 is 1.92 bits per heavy atom. The molecule has 0 aliphatic heterocycles. The van der Waals surface area contributed by atoms with E-state index in [9.17, 15) is 10.2 Å². The molecule has 26 heavy (non-hydrogen) atoms. The molecule has 2 aromatic carbocycles. The Hall–Kier alpha value is -1.46. The zero-order valence-electron chi connectivity index (χ0n) is 15.9. The van der Waals surface area contributed by atoms with Gasteiger partial charge in [-0.15, -0.1) is 0 Å². The van der Waals surface area contributed by atoms with Crippen molar-refractivity contribution in [3.63, 3.8) is 0 Å². The Morgan fingerprint density at radius 1 is 1.00 bits per heavy atom. The molecule has 0 aromatic heterocycles. The zero-order valence-corrected chi connectivity index (χ0v) is 16.9. The van der Waals surface area contributed by atoms with Gasteiger partial charge in [-0.2, -0.15) is 0 Å². The van der Waals surface area contributed by atoms with E-state index in [0.29, 0.717) is 12.5 Å². The van der Waals surface area contributed by atoms with Gasteiger partial charge in [-0.1, -0.05) is 81.4 Å². The molecule has 3 atom stereocenters. The number of benzene rings is 2. The highest BCUT2D eigenvalue weighted by atomic mass is 28.4. The van der Waals surface area contributed by atoms with Crippen molar-refractivity contribution in [3.8, 4) is 0 Å². The van der Waals surface area contributed by atoms with E-state index in [0.717, 1.165) is 6.42 Å². The Kier molecular flexibility index (Phi) is 5.68. The Morgan fingerprint density at radius 2 is 1.50 bits per heavy atom. The van der Waals surface area contributed by atoms with Crippen LogP contribution in [0.4, 0.5) is 0 Å². The fraction of sp³-hybridized carbons (Fsp3) is 0.455. The van der Waals surface area contributed by atoms with Crippen LogP contribution in [0.15, 0.2) is 60.7 Å². The van der Waals surface area contributed by atoms with Crippen LogP contribution in [0.3, 0.4) is 0 Å². The van der Waals surface area contributed by atoms with Gasteiger partial charge in [0.2, 0.25) is 0 Å². The number of hydrogen-bond acceptors (Lipinski definition) is 3. The van der Waals surface area contributed by atoms with E-state index < -0.39 is 14.4 Å². The average Bonchev–Trinajstić information content (AvgIpc) is 3.42. The van der Waals surface area contributed by atoms with Crippen LogP contribution in [0.1, 0.15) is 27.2 Å². The van der Waals surface area contributed by atoms with Crippen molar-refractivity contribution in [2.45, 2.75) is 38.3 Å². The summed E-state index contributed by atoms with van der Waals surface area (Å²) in [5.41, 5.74) is 0. The van der Waals surface area contributed by atoms with E-state index in [1.54, 1.807) is 0 Å². The molecule has 0 amide bonds. The van der Waals surface area contributed by atoms with Crippen LogP contribution >= 0.6 is 0 Å². The standard InChI is InChI=1S/C22H30O3Si/c1-22(2,3)26(18-10-6-4-7-11-18,19-12-8-5-9-13-19)25-16-17-14-20(17)21(24)15-23/h4-13,17,20-21,23-24H,14-16H2,1-3H3/t17-,20-,21-/m0/s1. The summed E-state index contributed by atoms with van der Waals surface area (Å²) in [7, 11) is -2.49. The Bertz CT molecular complexity index is 657. The highest BCUT2D eigenvalue weighted by molar-refractivity contribution is 6.99. The van der Waals surface area contributed by atoms with Crippen LogP contribution in [0.2, 0.25) is 5.04 Å². The molecule has 0 spiro atoms. The first kappa shape index (κ1) is 19.3. The predicted molar refractivity (Wildman–Crippen MR) is 108 cm³/mol. The van der Waals surface area contributed by atoms with E-state index in [2.05, 4.69) is 69.3 Å². The lowest BCUT2D eigenvalue weighted by molar-refractivity contribution is 0.0705. The minimum Gasteiger partial charge on any atom is -0.407 e. The van der Waals surface area contributed by atoms with Crippen LogP contribution in [-0.4, -0.2) is 37.8 Å². The molecule has 0 heterocycles. The molecule has 0 bridgehead atoms. The van der Waals surface area contributed by atoms with E-state index >= 15 is 0 Å². The third kappa shape index (κ3) is 3.65. The van der Waals surface area contributed by atoms with Crippen molar-refractivity contribution in [1.82, 2.24) is 0 Å². The quantitative estimate of drug-likeness (QED) is 0.737. The molecule has 1 saturated carbocycles. The molecule has 0 saturated heterocycles. The van der Waals surface area contributed by atoms with Gasteiger partial charge in [0.05, 0.1) is 12.7 Å². The lowest BCUT2D eigenvalue weighted by Crippen LogP contribution is -2.66. The summed E-state index contributed by atoms with van der Waals surface area (Å²) in [6.07, 6.45) is 0.308. The second-order valence-corrected chi connectivity index (χ2v) is 12.7. The first-order chi connectivity index (χ1) is 12.4. The van der Waals surface area contributed by atoms with Gasteiger partial charge in [0.15, 0.2) is 0 Å². The lowest BCUT2D eigenvalue weighted by Gasteiger charge is -2.43. The van der Waals surface area contributed by atoms with E-state index in [1.165, 1.54) is 10.4 Å². The monoisotopic (exact) mass is 370 g/mol. The fourth-order valence-electron chi connectivity index (χ4n) is 4.06. The van der Waals surface area contributed by atoms with Gasteiger partial charge in [0.1, 0.15) is 0 Å². The highest BCUT2D eigenvalue weighted by Crippen LogP contribution is 2.44. The number of rotatable bonds is 7. The molecule has 2 N–H and O–H groups in total. The first-order valence-electron chi connectivity index (χ1n) is 9.44. The van der Waals surface area contributed by atoms with Gasteiger partial charge in [0.25, 0.3) is 8.32 Å². The second kappa shape index (κ2) is 7.65. The van der Waals surface area contributed by atoms with Gasteiger partial charge in [-0.05, 0) is 33.7 Å².